The lowest BCUT2D eigenvalue weighted by atomic mass is 10.2. The number of fused-ring (bicyclic) bond motifs is 1. The fourth-order valence-electron chi connectivity index (χ4n) is 2.22. The van der Waals surface area contributed by atoms with Crippen LogP contribution in [0, 0.1) is 6.92 Å². The lowest BCUT2D eigenvalue weighted by Crippen LogP contribution is -1.98. The molecule has 0 atom stereocenters. The maximum atomic E-state index is 5.34. The Morgan fingerprint density at radius 1 is 1.37 bits per heavy atom. The lowest BCUT2D eigenvalue weighted by Gasteiger charge is -2.05. The fourth-order valence-corrected chi connectivity index (χ4v) is 3.42. The van der Waals surface area contributed by atoms with Crippen molar-refractivity contribution in [2.45, 2.75) is 26.8 Å². The Hall–Kier alpha value is -1.81. The van der Waals surface area contributed by atoms with Crippen LogP contribution >= 0.6 is 11.3 Å². The number of nitrogens with zero attached hydrogens (tertiary/aromatic N) is 1. The lowest BCUT2D eigenvalue weighted by molar-refractivity contribution is 0.518. The van der Waals surface area contributed by atoms with Gasteiger partial charge >= 0.3 is 0 Å². The van der Waals surface area contributed by atoms with Gasteiger partial charge in [-0.25, -0.2) is 0 Å². The number of hydrogen-bond acceptors (Lipinski definition) is 4. The molecule has 3 rings (SSSR count). The molecule has 0 unspecified atom stereocenters. The molecule has 3 aromatic rings. The molecule has 1 N–H and O–H groups in total. The van der Waals surface area contributed by atoms with Crippen molar-refractivity contribution in [1.82, 2.24) is 4.98 Å². The number of thiophene rings is 1. The van der Waals surface area contributed by atoms with Crippen molar-refractivity contribution >= 4 is 27.2 Å². The van der Waals surface area contributed by atoms with Gasteiger partial charge in [0.1, 0.15) is 5.76 Å². The van der Waals surface area contributed by atoms with Crippen LogP contribution in [0.3, 0.4) is 0 Å². The van der Waals surface area contributed by atoms with E-state index in [1.807, 2.05) is 35.7 Å². The largest absolute Gasteiger partial charge is 0.467 e. The van der Waals surface area contributed by atoms with Crippen LogP contribution in [0.4, 0.5) is 5.69 Å². The smallest absolute Gasteiger partial charge is 0.122 e. The van der Waals surface area contributed by atoms with E-state index < -0.39 is 0 Å². The summed E-state index contributed by atoms with van der Waals surface area (Å²) >= 11 is 1.83. The predicted octanol–water partition coefficient (Wildman–Crippen LogP) is 4.37. The van der Waals surface area contributed by atoms with E-state index in [1.165, 1.54) is 15.1 Å². The number of pyridine rings is 1. The first kappa shape index (κ1) is 12.2. The molecule has 3 heterocycles. The SMILES string of the molecule is CCc1sc2c(NCc3ccco3)ccnc2c1C. The van der Waals surface area contributed by atoms with Crippen LogP contribution in [0.25, 0.3) is 10.2 Å². The van der Waals surface area contributed by atoms with Crippen molar-refractivity contribution in [3.8, 4) is 0 Å². The first-order valence-corrected chi connectivity index (χ1v) is 7.24. The Labute approximate surface area is 116 Å². The second-order valence-electron chi connectivity index (χ2n) is 4.47. The first-order valence-electron chi connectivity index (χ1n) is 6.42. The third kappa shape index (κ3) is 2.24. The molecule has 3 aromatic heterocycles. The molecule has 0 aliphatic rings. The zero-order valence-electron chi connectivity index (χ0n) is 11.1. The molecule has 0 fully saturated rings. The number of aromatic nitrogens is 1. The van der Waals surface area contributed by atoms with Crippen LogP contribution in [-0.2, 0) is 13.0 Å². The van der Waals surface area contributed by atoms with E-state index in [2.05, 4.69) is 24.1 Å². The molecule has 0 amide bonds. The molecular weight excluding hydrogens is 256 g/mol. The zero-order valence-corrected chi connectivity index (χ0v) is 11.9. The Bertz CT molecular complexity index is 686. The van der Waals surface area contributed by atoms with E-state index in [9.17, 15) is 0 Å². The van der Waals surface area contributed by atoms with Gasteiger partial charge in [-0.2, -0.15) is 0 Å². The van der Waals surface area contributed by atoms with Gasteiger partial charge in [-0.3, -0.25) is 4.98 Å². The fraction of sp³-hybridized carbons (Fsp3) is 0.267. The minimum absolute atomic E-state index is 0.699. The molecule has 19 heavy (non-hydrogen) atoms. The highest BCUT2D eigenvalue weighted by molar-refractivity contribution is 7.19. The molecule has 0 saturated heterocycles. The van der Waals surface area contributed by atoms with E-state index in [-0.39, 0.29) is 0 Å². The van der Waals surface area contributed by atoms with Crippen LogP contribution in [0.15, 0.2) is 35.1 Å². The monoisotopic (exact) mass is 272 g/mol. The van der Waals surface area contributed by atoms with Gasteiger partial charge in [-0.05, 0) is 37.1 Å². The molecule has 0 radical (unpaired) electrons. The van der Waals surface area contributed by atoms with Gasteiger partial charge in [0, 0.05) is 11.1 Å². The van der Waals surface area contributed by atoms with Crippen molar-refractivity contribution in [3.05, 3.63) is 46.9 Å². The van der Waals surface area contributed by atoms with E-state index >= 15 is 0 Å². The van der Waals surface area contributed by atoms with Gasteiger partial charge in [0.25, 0.3) is 0 Å². The van der Waals surface area contributed by atoms with Crippen LogP contribution in [-0.4, -0.2) is 4.98 Å². The maximum Gasteiger partial charge on any atom is 0.122 e. The van der Waals surface area contributed by atoms with Crippen LogP contribution in [0.2, 0.25) is 0 Å². The van der Waals surface area contributed by atoms with Gasteiger partial charge in [0.15, 0.2) is 0 Å². The molecular formula is C15H16N2OS. The topological polar surface area (TPSA) is 38.1 Å². The minimum atomic E-state index is 0.699. The molecule has 4 heteroatoms. The standard InChI is InChI=1S/C15H16N2OS/c1-3-13-10(2)14-15(19-13)12(6-7-16-14)17-9-11-5-4-8-18-11/h4-8H,3,9H2,1-2H3,(H,16,17). The summed E-state index contributed by atoms with van der Waals surface area (Å²) in [4.78, 5) is 5.91. The van der Waals surface area contributed by atoms with Crippen molar-refractivity contribution < 1.29 is 4.42 Å². The quantitative estimate of drug-likeness (QED) is 0.766. The second-order valence-corrected chi connectivity index (χ2v) is 5.58. The summed E-state index contributed by atoms with van der Waals surface area (Å²) in [6.07, 6.45) is 4.63. The van der Waals surface area contributed by atoms with Crippen LogP contribution in [0.1, 0.15) is 23.1 Å². The minimum Gasteiger partial charge on any atom is -0.467 e. The first-order chi connectivity index (χ1) is 9.29. The van der Waals surface area contributed by atoms with Gasteiger partial charge in [-0.1, -0.05) is 6.92 Å². The Morgan fingerprint density at radius 2 is 2.26 bits per heavy atom. The van der Waals surface area contributed by atoms with E-state index in [0.717, 1.165) is 23.4 Å². The maximum absolute atomic E-state index is 5.34. The number of furan rings is 1. The summed E-state index contributed by atoms with van der Waals surface area (Å²) in [5.74, 6) is 0.939. The summed E-state index contributed by atoms with van der Waals surface area (Å²) in [5.41, 5.74) is 3.56. The third-order valence-electron chi connectivity index (χ3n) is 3.26. The highest BCUT2D eigenvalue weighted by atomic mass is 32.1. The summed E-state index contributed by atoms with van der Waals surface area (Å²) in [6, 6.07) is 5.91. The number of anilines is 1. The normalized spacial score (nSPS) is 11.1. The summed E-state index contributed by atoms with van der Waals surface area (Å²) in [7, 11) is 0. The molecule has 0 aliphatic carbocycles. The van der Waals surface area contributed by atoms with Crippen molar-refractivity contribution in [2.24, 2.45) is 0 Å². The molecule has 0 bridgehead atoms. The molecule has 98 valence electrons. The summed E-state index contributed by atoms with van der Waals surface area (Å²) in [6.45, 7) is 5.04. The Morgan fingerprint density at radius 3 is 3.00 bits per heavy atom. The van der Waals surface area contributed by atoms with Gasteiger partial charge in [0.2, 0.25) is 0 Å². The van der Waals surface area contributed by atoms with Crippen molar-refractivity contribution in [1.29, 1.82) is 0 Å². The number of aryl methyl sites for hydroxylation is 2. The van der Waals surface area contributed by atoms with E-state index in [0.29, 0.717) is 6.54 Å². The van der Waals surface area contributed by atoms with E-state index in [4.69, 9.17) is 4.42 Å². The average molecular weight is 272 g/mol. The predicted molar refractivity (Wildman–Crippen MR) is 79.8 cm³/mol. The van der Waals surface area contributed by atoms with Crippen molar-refractivity contribution in [2.75, 3.05) is 5.32 Å². The van der Waals surface area contributed by atoms with Gasteiger partial charge in [-0.15, -0.1) is 11.3 Å². The highest BCUT2D eigenvalue weighted by Gasteiger charge is 2.11. The molecule has 0 spiro atoms. The third-order valence-corrected chi connectivity index (χ3v) is 4.72. The van der Waals surface area contributed by atoms with Gasteiger partial charge < -0.3 is 9.73 Å². The van der Waals surface area contributed by atoms with E-state index in [1.54, 1.807) is 6.26 Å². The molecule has 0 aromatic carbocycles. The van der Waals surface area contributed by atoms with Gasteiger partial charge in [0.05, 0.1) is 28.7 Å². The Balaban J connectivity index is 1.94. The molecule has 3 nitrogen and oxygen atoms in total. The Kier molecular flexibility index (Phi) is 3.25. The summed E-state index contributed by atoms with van der Waals surface area (Å²) < 4.78 is 6.58. The number of nitrogens with one attached hydrogen (secondary N) is 1. The average Bonchev–Trinajstić information content (AvgIpc) is 3.05. The van der Waals surface area contributed by atoms with Crippen LogP contribution in [0.5, 0.6) is 0 Å². The molecule has 0 saturated carbocycles. The van der Waals surface area contributed by atoms with Crippen LogP contribution < -0.4 is 5.32 Å². The molecule has 0 aliphatic heterocycles. The second kappa shape index (κ2) is 5.05. The summed E-state index contributed by atoms with van der Waals surface area (Å²) in [5, 5.41) is 3.43. The number of hydrogen-bond donors (Lipinski definition) is 1. The highest BCUT2D eigenvalue weighted by Crippen LogP contribution is 2.34. The van der Waals surface area contributed by atoms with Crippen molar-refractivity contribution in [3.63, 3.8) is 0 Å². The number of rotatable bonds is 4. The zero-order chi connectivity index (χ0) is 13.2.